The standard InChI is InChI=1S/C18H15F6N3O3/c19-17(20,21)8-7-13-25-15-12(5-6-14(28)26-15)16(29)27(13)10-1-3-11(4-2-10)30-9-18(22,23)24/h1-4H,5-9H2,(H,26,28). The maximum atomic E-state index is 12.9. The minimum Gasteiger partial charge on any atom is -0.484 e. The van der Waals surface area contributed by atoms with Gasteiger partial charge in [-0.25, -0.2) is 4.98 Å². The number of aryl methyl sites for hydroxylation is 1. The third-order valence-corrected chi connectivity index (χ3v) is 4.24. The summed E-state index contributed by atoms with van der Waals surface area (Å²) in [4.78, 5) is 28.5. The third kappa shape index (κ3) is 5.30. The van der Waals surface area contributed by atoms with Crippen molar-refractivity contribution in [3.05, 3.63) is 46.0 Å². The van der Waals surface area contributed by atoms with Crippen molar-refractivity contribution < 1.29 is 35.9 Å². The van der Waals surface area contributed by atoms with Gasteiger partial charge in [-0.1, -0.05) is 0 Å². The summed E-state index contributed by atoms with van der Waals surface area (Å²) in [6.45, 7) is -1.51. The van der Waals surface area contributed by atoms with Crippen LogP contribution in [0.5, 0.6) is 5.75 Å². The molecular formula is C18H15F6N3O3. The summed E-state index contributed by atoms with van der Waals surface area (Å²) in [5.41, 5.74) is -0.396. The van der Waals surface area contributed by atoms with Gasteiger partial charge in [0.1, 0.15) is 17.4 Å². The lowest BCUT2D eigenvalue weighted by Crippen LogP contribution is -2.33. The van der Waals surface area contributed by atoms with Crippen LogP contribution in [0.1, 0.15) is 24.2 Å². The molecule has 12 heteroatoms. The molecule has 0 saturated heterocycles. The molecule has 0 saturated carbocycles. The molecule has 0 atom stereocenters. The van der Waals surface area contributed by atoms with Gasteiger partial charge in [0, 0.05) is 12.8 Å². The van der Waals surface area contributed by atoms with Crippen LogP contribution in [0.25, 0.3) is 5.69 Å². The van der Waals surface area contributed by atoms with E-state index in [1.54, 1.807) is 0 Å². The maximum absolute atomic E-state index is 12.9. The van der Waals surface area contributed by atoms with E-state index < -0.39 is 43.3 Å². The van der Waals surface area contributed by atoms with Crippen LogP contribution in [0.15, 0.2) is 29.1 Å². The highest BCUT2D eigenvalue weighted by atomic mass is 19.4. The maximum Gasteiger partial charge on any atom is 0.422 e. The first-order chi connectivity index (χ1) is 13.9. The summed E-state index contributed by atoms with van der Waals surface area (Å²) in [7, 11) is 0. The van der Waals surface area contributed by atoms with Gasteiger partial charge in [-0.2, -0.15) is 26.3 Å². The fourth-order valence-electron chi connectivity index (χ4n) is 2.91. The van der Waals surface area contributed by atoms with Crippen molar-refractivity contribution in [2.45, 2.75) is 38.0 Å². The highest BCUT2D eigenvalue weighted by Gasteiger charge is 2.30. The fraction of sp³-hybridized carbons (Fsp3) is 0.389. The number of nitrogens with zero attached hydrogens (tertiary/aromatic N) is 2. The number of fused-ring (bicyclic) bond motifs is 1. The van der Waals surface area contributed by atoms with Crippen molar-refractivity contribution in [2.75, 3.05) is 11.9 Å². The molecule has 2 aromatic rings. The summed E-state index contributed by atoms with van der Waals surface area (Å²) in [5, 5.41) is 2.39. The van der Waals surface area contributed by atoms with E-state index in [0.717, 1.165) is 4.57 Å². The van der Waals surface area contributed by atoms with Crippen molar-refractivity contribution in [3.63, 3.8) is 0 Å². The Kier molecular flexibility index (Phi) is 5.77. The molecule has 1 aromatic carbocycles. The average molecular weight is 435 g/mol. The number of aromatic nitrogens is 2. The number of carbonyl (C=O) groups is 1. The zero-order valence-corrected chi connectivity index (χ0v) is 15.2. The van der Waals surface area contributed by atoms with Crippen LogP contribution < -0.4 is 15.6 Å². The molecule has 0 aliphatic carbocycles. The highest BCUT2D eigenvalue weighted by molar-refractivity contribution is 5.92. The molecule has 1 aliphatic rings. The summed E-state index contributed by atoms with van der Waals surface area (Å²) in [6, 6.07) is 4.84. The van der Waals surface area contributed by atoms with Crippen LogP contribution in [0.2, 0.25) is 0 Å². The van der Waals surface area contributed by atoms with Crippen molar-refractivity contribution in [1.29, 1.82) is 0 Å². The number of alkyl halides is 6. The van der Waals surface area contributed by atoms with Gasteiger partial charge in [0.25, 0.3) is 5.56 Å². The van der Waals surface area contributed by atoms with Crippen LogP contribution in [-0.2, 0) is 17.6 Å². The lowest BCUT2D eigenvalue weighted by Gasteiger charge is -2.20. The molecule has 1 aliphatic heterocycles. The molecule has 1 amide bonds. The average Bonchev–Trinajstić information content (AvgIpc) is 2.64. The molecule has 0 spiro atoms. The van der Waals surface area contributed by atoms with E-state index in [1.165, 1.54) is 24.3 Å². The van der Waals surface area contributed by atoms with Gasteiger partial charge in [-0.05, 0) is 30.7 Å². The first-order valence-electron chi connectivity index (χ1n) is 8.74. The molecule has 6 nitrogen and oxygen atoms in total. The van der Waals surface area contributed by atoms with Crippen molar-refractivity contribution in [2.24, 2.45) is 0 Å². The first-order valence-corrected chi connectivity index (χ1v) is 8.74. The van der Waals surface area contributed by atoms with Gasteiger partial charge >= 0.3 is 12.4 Å². The molecule has 1 N–H and O–H groups in total. The highest BCUT2D eigenvalue weighted by Crippen LogP contribution is 2.25. The lowest BCUT2D eigenvalue weighted by atomic mass is 10.1. The summed E-state index contributed by atoms with van der Waals surface area (Å²) in [6.07, 6.45) is -10.8. The molecule has 0 radical (unpaired) electrons. The Balaban J connectivity index is 1.99. The Bertz CT molecular complexity index is 996. The number of halogens is 6. The van der Waals surface area contributed by atoms with Gasteiger partial charge < -0.3 is 10.1 Å². The Hall–Kier alpha value is -3.05. The Morgan fingerprint density at radius 2 is 1.67 bits per heavy atom. The van der Waals surface area contributed by atoms with Crippen LogP contribution in [0.3, 0.4) is 0 Å². The van der Waals surface area contributed by atoms with E-state index in [9.17, 15) is 35.9 Å². The Labute approximate surface area is 165 Å². The zero-order chi connectivity index (χ0) is 22.1. The van der Waals surface area contributed by atoms with Crippen molar-refractivity contribution >= 4 is 11.7 Å². The number of ether oxygens (including phenoxy) is 1. The zero-order valence-electron chi connectivity index (χ0n) is 15.2. The van der Waals surface area contributed by atoms with Crippen molar-refractivity contribution in [3.8, 4) is 11.4 Å². The second-order valence-corrected chi connectivity index (χ2v) is 6.56. The molecule has 1 aromatic heterocycles. The number of anilines is 1. The van der Waals surface area contributed by atoms with Crippen molar-refractivity contribution in [1.82, 2.24) is 9.55 Å². The van der Waals surface area contributed by atoms with Crippen LogP contribution in [0, 0.1) is 0 Å². The van der Waals surface area contributed by atoms with Gasteiger partial charge in [0.05, 0.1) is 17.7 Å². The summed E-state index contributed by atoms with van der Waals surface area (Å²) in [5.74, 6) is -0.837. The quantitative estimate of drug-likeness (QED) is 0.730. The second kappa shape index (κ2) is 8.00. The van der Waals surface area contributed by atoms with E-state index in [2.05, 4.69) is 15.0 Å². The summed E-state index contributed by atoms with van der Waals surface area (Å²) < 4.78 is 80.5. The van der Waals surface area contributed by atoms with Crippen LogP contribution in [0.4, 0.5) is 32.2 Å². The number of hydrogen-bond acceptors (Lipinski definition) is 4. The number of amides is 1. The smallest absolute Gasteiger partial charge is 0.422 e. The number of hydrogen-bond donors (Lipinski definition) is 1. The largest absolute Gasteiger partial charge is 0.484 e. The summed E-state index contributed by atoms with van der Waals surface area (Å²) >= 11 is 0. The van der Waals surface area contributed by atoms with Gasteiger partial charge in [-0.3, -0.25) is 14.2 Å². The number of benzene rings is 1. The fourth-order valence-corrected chi connectivity index (χ4v) is 2.91. The molecule has 0 bridgehead atoms. The second-order valence-electron chi connectivity index (χ2n) is 6.56. The number of nitrogens with one attached hydrogen (secondary N) is 1. The van der Waals surface area contributed by atoms with E-state index >= 15 is 0 Å². The van der Waals surface area contributed by atoms with Gasteiger partial charge in [0.15, 0.2) is 6.61 Å². The van der Waals surface area contributed by atoms with E-state index in [1.807, 2.05) is 0 Å². The minimum atomic E-state index is -4.53. The molecule has 30 heavy (non-hydrogen) atoms. The molecular weight excluding hydrogens is 420 g/mol. The SMILES string of the molecule is O=C1CCc2c(nc(CCC(F)(F)F)n(-c3ccc(OCC(F)(F)F)cc3)c2=O)N1. The van der Waals surface area contributed by atoms with Gasteiger partial charge in [0.2, 0.25) is 5.91 Å². The predicted octanol–water partition coefficient (Wildman–Crippen LogP) is 3.55. The number of rotatable bonds is 5. The molecule has 2 heterocycles. The molecule has 3 rings (SSSR count). The van der Waals surface area contributed by atoms with Crippen LogP contribution in [-0.4, -0.2) is 34.4 Å². The lowest BCUT2D eigenvalue weighted by molar-refractivity contribution is -0.153. The third-order valence-electron chi connectivity index (χ3n) is 4.24. The monoisotopic (exact) mass is 435 g/mol. The Morgan fingerprint density at radius 3 is 2.27 bits per heavy atom. The minimum absolute atomic E-state index is 0.0238. The van der Waals surface area contributed by atoms with E-state index in [-0.39, 0.29) is 41.5 Å². The van der Waals surface area contributed by atoms with E-state index in [0.29, 0.717) is 0 Å². The Morgan fingerprint density at radius 1 is 1.00 bits per heavy atom. The molecule has 0 fully saturated rings. The normalized spacial score (nSPS) is 14.3. The number of carbonyl (C=O) groups excluding carboxylic acids is 1. The van der Waals surface area contributed by atoms with Crippen LogP contribution >= 0.6 is 0 Å². The molecule has 162 valence electrons. The topological polar surface area (TPSA) is 73.2 Å². The predicted molar refractivity (Wildman–Crippen MR) is 92.7 cm³/mol. The molecule has 0 unspecified atom stereocenters. The van der Waals surface area contributed by atoms with Gasteiger partial charge in [-0.15, -0.1) is 0 Å². The van der Waals surface area contributed by atoms with E-state index in [4.69, 9.17) is 0 Å². The first kappa shape index (κ1) is 21.7.